The molecule has 8 nitrogen and oxygen atoms in total. The molecule has 3 aromatic rings. The topological polar surface area (TPSA) is 94.2 Å². The Morgan fingerprint density at radius 1 is 0.919 bits per heavy atom. The zero-order valence-corrected chi connectivity index (χ0v) is 23.2. The number of methoxy groups -OCH3 is 3. The number of ether oxygens (including phenoxy) is 3. The molecule has 0 spiro atoms. The average Bonchev–Trinajstić information content (AvgIpc) is 2.91. The molecule has 11 heteroatoms. The van der Waals surface area contributed by atoms with Crippen LogP contribution in [0.2, 0.25) is 5.02 Å². The molecular weight excluding hydrogens is 536 g/mol. The minimum absolute atomic E-state index is 0.0840. The van der Waals surface area contributed by atoms with Crippen molar-refractivity contribution in [3.05, 3.63) is 71.8 Å². The minimum Gasteiger partial charge on any atom is -0.495 e. The molecule has 198 valence electrons. The Labute approximate surface area is 226 Å². The van der Waals surface area contributed by atoms with Gasteiger partial charge in [-0.2, -0.15) is 0 Å². The van der Waals surface area contributed by atoms with Gasteiger partial charge in [-0.05, 0) is 54.6 Å². The molecule has 0 radical (unpaired) electrons. The van der Waals surface area contributed by atoms with E-state index < -0.39 is 22.5 Å². The number of rotatable bonds is 13. The van der Waals surface area contributed by atoms with E-state index in [1.54, 1.807) is 23.9 Å². The highest BCUT2D eigenvalue weighted by atomic mass is 35.5. The second kappa shape index (κ2) is 13.5. The highest BCUT2D eigenvalue weighted by Crippen LogP contribution is 2.37. The van der Waals surface area contributed by atoms with E-state index in [1.165, 1.54) is 45.6 Å². The van der Waals surface area contributed by atoms with Crippen LogP contribution in [0.25, 0.3) is 0 Å². The van der Waals surface area contributed by atoms with E-state index in [0.29, 0.717) is 23.7 Å². The van der Waals surface area contributed by atoms with Gasteiger partial charge in [-0.15, -0.1) is 11.8 Å². The van der Waals surface area contributed by atoms with Gasteiger partial charge in [-0.3, -0.25) is 9.10 Å². The van der Waals surface area contributed by atoms with Crippen LogP contribution in [0.3, 0.4) is 0 Å². The number of carbonyl (C=O) groups is 1. The van der Waals surface area contributed by atoms with Crippen LogP contribution in [0, 0.1) is 0 Å². The van der Waals surface area contributed by atoms with Gasteiger partial charge in [-0.1, -0.05) is 29.8 Å². The first-order valence-electron chi connectivity index (χ1n) is 11.3. The molecule has 1 amide bonds. The standard InChI is InChI=1S/C26H29ClN2O6S2/c1-33-23-12-10-19(27)16-22(23)29(37(31,32)21-11-13-24(34-2)25(17-21)35-3)18-26(30)28-14-7-15-36-20-8-5-4-6-9-20/h4-6,8-13,16-17H,7,14-15,18H2,1-3H3,(H,28,30). The molecule has 0 fully saturated rings. The number of benzene rings is 3. The van der Waals surface area contributed by atoms with Crippen molar-refractivity contribution in [1.82, 2.24) is 5.32 Å². The van der Waals surface area contributed by atoms with Crippen LogP contribution in [0.15, 0.2) is 76.5 Å². The summed E-state index contributed by atoms with van der Waals surface area (Å²) in [5, 5.41) is 3.10. The van der Waals surface area contributed by atoms with Crippen LogP contribution in [-0.2, 0) is 14.8 Å². The van der Waals surface area contributed by atoms with Crippen molar-refractivity contribution >= 4 is 45.0 Å². The molecule has 0 bridgehead atoms. The average molecular weight is 565 g/mol. The van der Waals surface area contributed by atoms with Gasteiger partial charge < -0.3 is 19.5 Å². The summed E-state index contributed by atoms with van der Waals surface area (Å²) < 4.78 is 44.5. The first-order valence-corrected chi connectivity index (χ1v) is 14.1. The number of sulfonamides is 1. The lowest BCUT2D eigenvalue weighted by Gasteiger charge is -2.26. The van der Waals surface area contributed by atoms with Crippen molar-refractivity contribution in [2.24, 2.45) is 0 Å². The number of halogens is 1. The Hall–Kier alpha value is -3.08. The monoisotopic (exact) mass is 564 g/mol. The lowest BCUT2D eigenvalue weighted by molar-refractivity contribution is -0.119. The van der Waals surface area contributed by atoms with Gasteiger partial charge >= 0.3 is 0 Å². The first kappa shape index (κ1) is 28.5. The number of hydrogen-bond acceptors (Lipinski definition) is 7. The van der Waals surface area contributed by atoms with Crippen molar-refractivity contribution in [3.63, 3.8) is 0 Å². The third-order valence-corrected chi connectivity index (χ3v) is 8.38. The van der Waals surface area contributed by atoms with Crippen molar-refractivity contribution in [1.29, 1.82) is 0 Å². The summed E-state index contributed by atoms with van der Waals surface area (Å²) in [6.45, 7) is -0.0746. The largest absolute Gasteiger partial charge is 0.495 e. The van der Waals surface area contributed by atoms with Gasteiger partial charge in [0.15, 0.2) is 11.5 Å². The molecule has 3 rings (SSSR count). The maximum absolute atomic E-state index is 13.8. The molecule has 0 aliphatic heterocycles. The number of carbonyl (C=O) groups excluding carboxylic acids is 1. The Balaban J connectivity index is 1.81. The Morgan fingerprint density at radius 3 is 2.27 bits per heavy atom. The summed E-state index contributed by atoms with van der Waals surface area (Å²) in [6.07, 6.45) is 0.716. The molecule has 0 saturated carbocycles. The molecule has 0 aliphatic rings. The normalized spacial score (nSPS) is 11.0. The van der Waals surface area contributed by atoms with Crippen molar-refractivity contribution in [2.45, 2.75) is 16.2 Å². The number of amides is 1. The zero-order valence-electron chi connectivity index (χ0n) is 20.8. The SMILES string of the molecule is COc1ccc(S(=O)(=O)N(CC(=O)NCCCSc2ccccc2)c2cc(Cl)ccc2OC)cc1OC. The summed E-state index contributed by atoms with van der Waals surface area (Å²) in [5.74, 6) is 1.21. The van der Waals surface area contributed by atoms with Crippen LogP contribution in [0.1, 0.15) is 6.42 Å². The fourth-order valence-corrected chi connectivity index (χ4v) is 5.93. The lowest BCUT2D eigenvalue weighted by Crippen LogP contribution is -2.41. The van der Waals surface area contributed by atoms with Crippen LogP contribution in [0.5, 0.6) is 17.2 Å². The molecule has 37 heavy (non-hydrogen) atoms. The molecule has 0 atom stereocenters. The van der Waals surface area contributed by atoms with Gasteiger partial charge in [0.2, 0.25) is 5.91 Å². The van der Waals surface area contributed by atoms with E-state index in [2.05, 4.69) is 5.32 Å². The fraction of sp³-hybridized carbons (Fsp3) is 0.269. The summed E-state index contributed by atoms with van der Waals surface area (Å²) in [7, 11) is 0.0503. The third-order valence-electron chi connectivity index (χ3n) is 5.30. The van der Waals surface area contributed by atoms with Crippen LogP contribution in [0.4, 0.5) is 5.69 Å². The molecule has 0 aliphatic carbocycles. The smallest absolute Gasteiger partial charge is 0.265 e. The molecular formula is C26H29ClN2O6S2. The highest BCUT2D eigenvalue weighted by molar-refractivity contribution is 7.99. The molecule has 1 N–H and O–H groups in total. The Morgan fingerprint density at radius 2 is 1.59 bits per heavy atom. The summed E-state index contributed by atoms with van der Waals surface area (Å²) in [5.41, 5.74) is 0.138. The number of anilines is 1. The van der Waals surface area contributed by atoms with Gasteiger partial charge in [0, 0.05) is 22.5 Å². The maximum Gasteiger partial charge on any atom is 0.265 e. The maximum atomic E-state index is 13.8. The van der Waals surface area contributed by atoms with Gasteiger partial charge in [0.25, 0.3) is 10.0 Å². The van der Waals surface area contributed by atoms with E-state index in [0.717, 1.165) is 15.0 Å². The second-order valence-corrected chi connectivity index (χ2v) is 11.2. The van der Waals surface area contributed by atoms with E-state index >= 15 is 0 Å². The zero-order chi connectivity index (χ0) is 26.8. The highest BCUT2D eigenvalue weighted by Gasteiger charge is 2.30. The van der Waals surface area contributed by atoms with Crippen molar-refractivity contribution in [2.75, 3.05) is 44.5 Å². The summed E-state index contributed by atoms with van der Waals surface area (Å²) in [6, 6.07) is 18.8. The van der Waals surface area contributed by atoms with Crippen LogP contribution >= 0.6 is 23.4 Å². The second-order valence-electron chi connectivity index (χ2n) is 7.71. The predicted octanol–water partition coefficient (Wildman–Crippen LogP) is 4.86. The number of nitrogens with zero attached hydrogens (tertiary/aromatic N) is 1. The van der Waals surface area contributed by atoms with E-state index in [-0.39, 0.29) is 22.1 Å². The summed E-state index contributed by atoms with van der Waals surface area (Å²) >= 11 is 7.88. The minimum atomic E-state index is -4.23. The lowest BCUT2D eigenvalue weighted by atomic mass is 10.3. The van der Waals surface area contributed by atoms with E-state index in [4.69, 9.17) is 25.8 Å². The van der Waals surface area contributed by atoms with Crippen molar-refractivity contribution < 1.29 is 27.4 Å². The van der Waals surface area contributed by atoms with Crippen LogP contribution < -0.4 is 23.8 Å². The molecule has 0 saturated heterocycles. The molecule has 0 heterocycles. The van der Waals surface area contributed by atoms with Crippen LogP contribution in [-0.4, -0.2) is 54.5 Å². The number of hydrogen-bond donors (Lipinski definition) is 1. The Bertz CT molecular complexity index is 1310. The quantitative estimate of drug-likeness (QED) is 0.234. The van der Waals surface area contributed by atoms with Gasteiger partial charge in [-0.25, -0.2) is 8.42 Å². The number of thioether (sulfide) groups is 1. The van der Waals surface area contributed by atoms with Crippen molar-refractivity contribution in [3.8, 4) is 17.2 Å². The van der Waals surface area contributed by atoms with E-state index in [9.17, 15) is 13.2 Å². The fourth-order valence-electron chi connectivity index (χ4n) is 3.45. The summed E-state index contributed by atoms with van der Waals surface area (Å²) in [4.78, 5) is 14.0. The van der Waals surface area contributed by atoms with E-state index in [1.807, 2.05) is 30.3 Å². The van der Waals surface area contributed by atoms with Gasteiger partial charge in [0.05, 0.1) is 31.9 Å². The molecule has 0 aromatic heterocycles. The predicted molar refractivity (Wildman–Crippen MR) is 147 cm³/mol. The Kier molecular flexibility index (Phi) is 10.4. The molecule has 0 unspecified atom stereocenters. The van der Waals surface area contributed by atoms with Gasteiger partial charge in [0.1, 0.15) is 12.3 Å². The molecule has 3 aromatic carbocycles. The number of nitrogens with one attached hydrogen (secondary N) is 1. The first-order chi connectivity index (χ1) is 17.8. The third kappa shape index (κ3) is 7.47.